The Morgan fingerprint density at radius 2 is 2.21 bits per heavy atom. The molecule has 2 atom stereocenters. The molecule has 6 heteroatoms. The third kappa shape index (κ3) is 3.26. The van der Waals surface area contributed by atoms with Gasteiger partial charge in [0.1, 0.15) is 5.76 Å². The van der Waals surface area contributed by atoms with Crippen molar-refractivity contribution in [2.75, 3.05) is 26.2 Å². The Balaban J connectivity index is 1.26. The Labute approximate surface area is 146 Å². The van der Waals surface area contributed by atoms with Crippen LogP contribution in [0.25, 0.3) is 0 Å². The van der Waals surface area contributed by atoms with Crippen molar-refractivity contribution in [3.63, 3.8) is 0 Å². The van der Waals surface area contributed by atoms with Gasteiger partial charge >= 0.3 is 0 Å². The first kappa shape index (κ1) is 15.8. The van der Waals surface area contributed by atoms with E-state index in [1.54, 1.807) is 17.6 Å². The number of aryl methyl sites for hydroxylation is 1. The average Bonchev–Trinajstić information content (AvgIpc) is 3.00. The zero-order valence-electron chi connectivity index (χ0n) is 14.0. The molecule has 2 aliphatic rings. The Hall–Kier alpha value is -1.66. The summed E-state index contributed by atoms with van der Waals surface area (Å²) in [6.07, 6.45) is 3.63. The standard InChI is InChI=1S/C18H23N3O2S/c1-2-17-19-13(12-24-17)11-20-5-7-21(8-6-20)18(22)15-10-14(15)16-4-3-9-23-16/h3-4,9,12,14-15H,2,5-8,10-11H2,1H3/t14-,15-/m1/s1. The number of amides is 1. The summed E-state index contributed by atoms with van der Waals surface area (Å²) < 4.78 is 5.43. The van der Waals surface area contributed by atoms with E-state index in [0.717, 1.165) is 57.0 Å². The van der Waals surface area contributed by atoms with Gasteiger partial charge in [-0.2, -0.15) is 0 Å². The number of hydrogen-bond acceptors (Lipinski definition) is 5. The van der Waals surface area contributed by atoms with E-state index >= 15 is 0 Å². The molecule has 2 fully saturated rings. The van der Waals surface area contributed by atoms with Gasteiger partial charge in [-0.3, -0.25) is 9.69 Å². The molecule has 2 aromatic rings. The number of piperazine rings is 1. The number of furan rings is 1. The summed E-state index contributed by atoms with van der Waals surface area (Å²) in [6.45, 7) is 6.56. The number of aromatic nitrogens is 1. The number of carbonyl (C=O) groups is 1. The maximum atomic E-state index is 12.6. The minimum Gasteiger partial charge on any atom is -0.469 e. The van der Waals surface area contributed by atoms with Crippen LogP contribution in [0, 0.1) is 5.92 Å². The van der Waals surface area contributed by atoms with Crippen LogP contribution in [0.5, 0.6) is 0 Å². The largest absolute Gasteiger partial charge is 0.469 e. The van der Waals surface area contributed by atoms with Gasteiger partial charge in [-0.15, -0.1) is 11.3 Å². The molecule has 4 rings (SSSR count). The lowest BCUT2D eigenvalue weighted by Crippen LogP contribution is -2.48. The van der Waals surface area contributed by atoms with Gasteiger partial charge in [-0.05, 0) is 25.0 Å². The Morgan fingerprint density at radius 3 is 2.88 bits per heavy atom. The number of carbonyl (C=O) groups excluding carboxylic acids is 1. The minimum atomic E-state index is 0.133. The van der Waals surface area contributed by atoms with Gasteiger partial charge in [0.2, 0.25) is 5.91 Å². The van der Waals surface area contributed by atoms with E-state index in [4.69, 9.17) is 4.42 Å². The SMILES string of the molecule is CCc1nc(CN2CCN(C(=O)[C@@H]3C[C@H]3c3ccco3)CC2)cs1. The molecule has 0 unspecified atom stereocenters. The number of hydrogen-bond donors (Lipinski definition) is 0. The maximum Gasteiger partial charge on any atom is 0.226 e. The van der Waals surface area contributed by atoms with E-state index in [1.165, 1.54) is 5.01 Å². The molecule has 1 saturated heterocycles. The molecule has 2 aromatic heterocycles. The van der Waals surface area contributed by atoms with Gasteiger partial charge in [-0.1, -0.05) is 6.92 Å². The summed E-state index contributed by atoms with van der Waals surface area (Å²) in [5, 5.41) is 3.37. The van der Waals surface area contributed by atoms with Crippen LogP contribution in [-0.2, 0) is 17.8 Å². The summed E-state index contributed by atoms with van der Waals surface area (Å²) in [7, 11) is 0. The van der Waals surface area contributed by atoms with E-state index in [0.29, 0.717) is 11.8 Å². The predicted molar refractivity (Wildman–Crippen MR) is 92.9 cm³/mol. The highest BCUT2D eigenvalue weighted by molar-refractivity contribution is 7.09. The first-order valence-corrected chi connectivity index (χ1v) is 9.60. The lowest BCUT2D eigenvalue weighted by Gasteiger charge is -2.34. The topological polar surface area (TPSA) is 49.6 Å². The van der Waals surface area contributed by atoms with E-state index in [-0.39, 0.29) is 5.92 Å². The monoisotopic (exact) mass is 345 g/mol. The second kappa shape index (κ2) is 6.69. The lowest BCUT2D eigenvalue weighted by molar-refractivity contribution is -0.134. The molecule has 3 heterocycles. The molecule has 1 aliphatic carbocycles. The molecule has 1 aliphatic heterocycles. The lowest BCUT2D eigenvalue weighted by atomic mass is 10.2. The van der Waals surface area contributed by atoms with Crippen LogP contribution < -0.4 is 0 Å². The molecule has 0 radical (unpaired) electrons. The van der Waals surface area contributed by atoms with Crippen molar-refractivity contribution in [1.29, 1.82) is 0 Å². The van der Waals surface area contributed by atoms with Gasteiger partial charge in [0, 0.05) is 49.9 Å². The number of rotatable bonds is 5. The normalized spacial score (nSPS) is 24.3. The fourth-order valence-corrected chi connectivity index (χ4v) is 4.19. The minimum absolute atomic E-state index is 0.133. The van der Waals surface area contributed by atoms with Gasteiger partial charge in [-0.25, -0.2) is 4.98 Å². The molecule has 0 aromatic carbocycles. The summed E-state index contributed by atoms with van der Waals surface area (Å²) in [4.78, 5) is 21.7. The van der Waals surface area contributed by atoms with Gasteiger partial charge in [0.25, 0.3) is 0 Å². The molecular formula is C18H23N3O2S. The molecule has 0 spiro atoms. The van der Waals surface area contributed by atoms with Crippen molar-refractivity contribution in [3.05, 3.63) is 40.2 Å². The van der Waals surface area contributed by atoms with Gasteiger partial charge in [0.05, 0.1) is 17.0 Å². The summed E-state index contributed by atoms with van der Waals surface area (Å²) in [5.74, 6) is 1.70. The average molecular weight is 345 g/mol. The van der Waals surface area contributed by atoms with Crippen LogP contribution in [0.15, 0.2) is 28.2 Å². The first-order valence-electron chi connectivity index (χ1n) is 8.72. The fraction of sp³-hybridized carbons (Fsp3) is 0.556. The quantitative estimate of drug-likeness (QED) is 0.836. The zero-order chi connectivity index (χ0) is 16.5. The van der Waals surface area contributed by atoms with E-state index in [2.05, 4.69) is 22.2 Å². The molecule has 0 bridgehead atoms. The highest BCUT2D eigenvalue weighted by Crippen LogP contribution is 2.48. The molecule has 1 amide bonds. The number of nitrogens with zero attached hydrogens (tertiary/aromatic N) is 3. The van der Waals surface area contributed by atoms with Crippen LogP contribution in [0.1, 0.15) is 35.7 Å². The van der Waals surface area contributed by atoms with Crippen molar-refractivity contribution >= 4 is 17.2 Å². The van der Waals surface area contributed by atoms with Crippen molar-refractivity contribution in [2.45, 2.75) is 32.2 Å². The maximum absolute atomic E-state index is 12.6. The molecule has 128 valence electrons. The molecule has 1 saturated carbocycles. The number of thiazole rings is 1. The highest BCUT2D eigenvalue weighted by Gasteiger charge is 2.47. The fourth-order valence-electron chi connectivity index (χ4n) is 3.46. The van der Waals surface area contributed by atoms with Gasteiger partial charge < -0.3 is 9.32 Å². The summed E-state index contributed by atoms with van der Waals surface area (Å²) >= 11 is 1.74. The van der Waals surface area contributed by atoms with Crippen molar-refractivity contribution in [3.8, 4) is 0 Å². The zero-order valence-corrected chi connectivity index (χ0v) is 14.8. The summed E-state index contributed by atoms with van der Waals surface area (Å²) in [6, 6.07) is 3.88. The van der Waals surface area contributed by atoms with Crippen LogP contribution in [0.4, 0.5) is 0 Å². The first-order chi connectivity index (χ1) is 11.7. The van der Waals surface area contributed by atoms with Gasteiger partial charge in [0.15, 0.2) is 0 Å². The van der Waals surface area contributed by atoms with Crippen molar-refractivity contribution < 1.29 is 9.21 Å². The molecule has 24 heavy (non-hydrogen) atoms. The highest BCUT2D eigenvalue weighted by atomic mass is 32.1. The van der Waals surface area contributed by atoms with E-state index in [1.807, 2.05) is 17.0 Å². The summed E-state index contributed by atoms with van der Waals surface area (Å²) in [5.41, 5.74) is 1.16. The molecular weight excluding hydrogens is 322 g/mol. The van der Waals surface area contributed by atoms with Crippen LogP contribution in [0.2, 0.25) is 0 Å². The van der Waals surface area contributed by atoms with Crippen molar-refractivity contribution in [1.82, 2.24) is 14.8 Å². The third-order valence-electron chi connectivity index (χ3n) is 4.99. The smallest absolute Gasteiger partial charge is 0.226 e. The predicted octanol–water partition coefficient (Wildman–Crippen LogP) is 2.75. The van der Waals surface area contributed by atoms with Crippen LogP contribution >= 0.6 is 11.3 Å². The molecule has 0 N–H and O–H groups in total. The third-order valence-corrected chi connectivity index (χ3v) is 6.03. The van der Waals surface area contributed by atoms with E-state index in [9.17, 15) is 4.79 Å². The Bertz CT molecular complexity index is 689. The van der Waals surface area contributed by atoms with E-state index < -0.39 is 0 Å². The van der Waals surface area contributed by atoms with Crippen LogP contribution in [-0.4, -0.2) is 46.9 Å². The van der Waals surface area contributed by atoms with Crippen LogP contribution in [0.3, 0.4) is 0 Å². The molecule has 5 nitrogen and oxygen atoms in total. The van der Waals surface area contributed by atoms with Crippen molar-refractivity contribution in [2.24, 2.45) is 5.92 Å². The second-order valence-electron chi connectivity index (χ2n) is 6.65. The Kier molecular flexibility index (Phi) is 4.41. The second-order valence-corrected chi connectivity index (χ2v) is 7.59. The Morgan fingerprint density at radius 1 is 1.38 bits per heavy atom.